The van der Waals surface area contributed by atoms with Gasteiger partial charge in [0.2, 0.25) is 0 Å². The summed E-state index contributed by atoms with van der Waals surface area (Å²) in [4.78, 5) is 11.5. The largest absolute Gasteiger partial charge is 0.492 e. The Hall–Kier alpha value is -2.70. The molecule has 1 aliphatic heterocycles. The van der Waals surface area contributed by atoms with E-state index in [-0.39, 0.29) is 18.3 Å². The fraction of sp³-hybridized carbons (Fsp3) is 0.381. The molecule has 0 radical (unpaired) electrons. The first-order valence-corrected chi connectivity index (χ1v) is 9.06. The maximum Gasteiger partial charge on any atom is 0.416 e. The van der Waals surface area contributed by atoms with E-state index < -0.39 is 17.8 Å². The fourth-order valence-corrected chi connectivity index (χ4v) is 3.95. The molecule has 0 fully saturated rings. The average molecular weight is 392 g/mol. The van der Waals surface area contributed by atoms with Crippen molar-refractivity contribution in [2.45, 2.75) is 37.5 Å². The van der Waals surface area contributed by atoms with Crippen LogP contribution in [0, 0.1) is 0 Å². The Morgan fingerprint density at radius 3 is 2.79 bits per heavy atom. The highest BCUT2D eigenvalue weighted by Crippen LogP contribution is 2.44. The number of methoxy groups -OCH3 is 1. The lowest BCUT2D eigenvalue weighted by molar-refractivity contribution is -0.141. The van der Waals surface area contributed by atoms with Crippen molar-refractivity contribution >= 4 is 5.97 Å². The second-order valence-corrected chi connectivity index (χ2v) is 7.00. The summed E-state index contributed by atoms with van der Waals surface area (Å²) >= 11 is 0. The Morgan fingerprint density at radius 1 is 1.21 bits per heavy atom. The summed E-state index contributed by atoms with van der Waals surface area (Å²) in [6.07, 6.45) is -3.73. The van der Waals surface area contributed by atoms with E-state index in [4.69, 9.17) is 14.2 Å². The summed E-state index contributed by atoms with van der Waals surface area (Å²) in [7, 11) is 1.35. The van der Waals surface area contributed by atoms with E-state index in [9.17, 15) is 18.0 Å². The molecular weight excluding hydrogens is 373 g/mol. The van der Waals surface area contributed by atoms with E-state index in [0.717, 1.165) is 11.6 Å². The Morgan fingerprint density at radius 2 is 2.04 bits per heavy atom. The van der Waals surface area contributed by atoms with E-state index in [0.29, 0.717) is 42.1 Å². The molecule has 2 aliphatic rings. The third-order valence-electron chi connectivity index (χ3n) is 5.31. The van der Waals surface area contributed by atoms with Crippen LogP contribution in [-0.2, 0) is 22.1 Å². The Labute approximate surface area is 160 Å². The normalized spacial score (nSPS) is 20.3. The number of rotatable bonds is 4. The van der Waals surface area contributed by atoms with Crippen molar-refractivity contribution in [1.29, 1.82) is 0 Å². The topological polar surface area (TPSA) is 44.8 Å². The Balaban J connectivity index is 1.53. The van der Waals surface area contributed by atoms with E-state index in [1.54, 1.807) is 18.2 Å². The van der Waals surface area contributed by atoms with Gasteiger partial charge in [-0.05, 0) is 36.1 Å². The molecule has 0 spiro atoms. The molecule has 0 amide bonds. The first-order valence-electron chi connectivity index (χ1n) is 9.06. The minimum Gasteiger partial charge on any atom is -0.492 e. The van der Waals surface area contributed by atoms with Crippen LogP contribution < -0.4 is 9.47 Å². The van der Waals surface area contributed by atoms with Gasteiger partial charge in [0.05, 0.1) is 25.7 Å². The average Bonchev–Trinajstić information content (AvgIpc) is 3.25. The predicted molar refractivity (Wildman–Crippen MR) is 94.4 cm³/mol. The Bertz CT molecular complexity index is 907. The molecule has 0 bridgehead atoms. The number of hydrogen-bond acceptors (Lipinski definition) is 4. The number of alkyl halides is 3. The first kappa shape index (κ1) is 18.7. The zero-order chi connectivity index (χ0) is 19.9. The van der Waals surface area contributed by atoms with Crippen LogP contribution in [0.1, 0.15) is 47.1 Å². The molecule has 2 aromatic rings. The van der Waals surface area contributed by atoms with Gasteiger partial charge in [-0.1, -0.05) is 18.2 Å². The van der Waals surface area contributed by atoms with E-state index in [2.05, 4.69) is 0 Å². The van der Waals surface area contributed by atoms with Crippen molar-refractivity contribution in [3.63, 3.8) is 0 Å². The van der Waals surface area contributed by atoms with Crippen molar-refractivity contribution in [2.75, 3.05) is 13.7 Å². The second kappa shape index (κ2) is 7.04. The molecule has 2 atom stereocenters. The predicted octanol–water partition coefficient (Wildman–Crippen LogP) is 4.81. The van der Waals surface area contributed by atoms with Crippen LogP contribution in [0.25, 0.3) is 0 Å². The lowest BCUT2D eigenvalue weighted by Crippen LogP contribution is -2.10. The maximum absolute atomic E-state index is 13.2. The van der Waals surface area contributed by atoms with Crippen LogP contribution in [0.3, 0.4) is 0 Å². The van der Waals surface area contributed by atoms with Crippen LogP contribution in [0.5, 0.6) is 11.5 Å². The van der Waals surface area contributed by atoms with Gasteiger partial charge in [-0.25, -0.2) is 0 Å². The second-order valence-electron chi connectivity index (χ2n) is 7.00. The smallest absolute Gasteiger partial charge is 0.416 e. The lowest BCUT2D eigenvalue weighted by atomic mass is 9.98. The van der Waals surface area contributed by atoms with E-state index in [1.165, 1.54) is 13.2 Å². The van der Waals surface area contributed by atoms with Crippen molar-refractivity contribution in [3.05, 3.63) is 58.7 Å². The van der Waals surface area contributed by atoms with Gasteiger partial charge in [-0.15, -0.1) is 0 Å². The van der Waals surface area contributed by atoms with Crippen LogP contribution in [0.2, 0.25) is 0 Å². The number of hydrogen-bond donors (Lipinski definition) is 0. The van der Waals surface area contributed by atoms with Crippen LogP contribution in [-0.4, -0.2) is 19.7 Å². The number of fused-ring (bicyclic) bond motifs is 2. The molecule has 7 heteroatoms. The van der Waals surface area contributed by atoms with Gasteiger partial charge in [-0.2, -0.15) is 13.2 Å². The molecule has 0 saturated heterocycles. The highest BCUT2D eigenvalue weighted by atomic mass is 19.4. The summed E-state index contributed by atoms with van der Waals surface area (Å²) in [5.74, 6) is 0.796. The molecule has 0 aromatic heterocycles. The van der Waals surface area contributed by atoms with Gasteiger partial charge >= 0.3 is 12.1 Å². The number of carbonyl (C=O) groups excluding carboxylic acids is 1. The summed E-state index contributed by atoms with van der Waals surface area (Å²) in [5, 5.41) is 0. The summed E-state index contributed by atoms with van der Waals surface area (Å²) in [5.41, 5.74) is 1.22. The lowest BCUT2D eigenvalue weighted by Gasteiger charge is -2.17. The molecule has 4 rings (SSSR count). The van der Waals surface area contributed by atoms with Crippen LogP contribution in [0.4, 0.5) is 13.2 Å². The monoisotopic (exact) mass is 392 g/mol. The number of carbonyl (C=O) groups is 1. The van der Waals surface area contributed by atoms with Gasteiger partial charge in [0.1, 0.15) is 17.6 Å². The van der Waals surface area contributed by atoms with Crippen molar-refractivity contribution < 1.29 is 32.2 Å². The Kier molecular flexibility index (Phi) is 4.69. The molecule has 0 saturated carbocycles. The summed E-state index contributed by atoms with van der Waals surface area (Å²) < 4.78 is 56.0. The van der Waals surface area contributed by atoms with E-state index in [1.807, 2.05) is 6.07 Å². The molecule has 2 aromatic carbocycles. The molecule has 148 valence electrons. The number of esters is 1. The number of benzene rings is 2. The van der Waals surface area contributed by atoms with Crippen LogP contribution in [0.15, 0.2) is 36.4 Å². The zero-order valence-electron chi connectivity index (χ0n) is 15.2. The highest BCUT2D eigenvalue weighted by molar-refractivity contribution is 5.71. The van der Waals surface area contributed by atoms with Crippen molar-refractivity contribution in [1.82, 2.24) is 0 Å². The van der Waals surface area contributed by atoms with Crippen molar-refractivity contribution in [2.24, 2.45) is 0 Å². The fourth-order valence-electron chi connectivity index (χ4n) is 3.95. The molecule has 4 nitrogen and oxygen atoms in total. The van der Waals surface area contributed by atoms with Crippen LogP contribution >= 0.6 is 0 Å². The molecule has 1 heterocycles. The SMILES string of the molecule is COC(=O)C[C@@H]1COc2cc(O[C@H]3CCc4c3cccc4C(F)(F)F)ccc21. The van der Waals surface area contributed by atoms with E-state index >= 15 is 0 Å². The summed E-state index contributed by atoms with van der Waals surface area (Å²) in [6.45, 7) is 0.384. The quantitative estimate of drug-likeness (QED) is 0.701. The van der Waals surface area contributed by atoms with Gasteiger partial charge < -0.3 is 14.2 Å². The minimum atomic E-state index is -4.36. The van der Waals surface area contributed by atoms with Gasteiger partial charge in [0, 0.05) is 17.5 Å². The van der Waals surface area contributed by atoms with Gasteiger partial charge in [0.15, 0.2) is 0 Å². The number of ether oxygens (including phenoxy) is 3. The maximum atomic E-state index is 13.2. The van der Waals surface area contributed by atoms with Crippen molar-refractivity contribution in [3.8, 4) is 11.5 Å². The number of halogens is 3. The molecular formula is C21H19F3O4. The highest BCUT2D eigenvalue weighted by Gasteiger charge is 2.38. The van der Waals surface area contributed by atoms with Gasteiger partial charge in [0.25, 0.3) is 0 Å². The zero-order valence-corrected chi connectivity index (χ0v) is 15.2. The first-order chi connectivity index (χ1) is 13.4. The minimum absolute atomic E-state index is 0.0712. The molecule has 0 N–H and O–H groups in total. The molecule has 1 aliphatic carbocycles. The third-order valence-corrected chi connectivity index (χ3v) is 5.31. The third kappa shape index (κ3) is 3.41. The molecule has 28 heavy (non-hydrogen) atoms. The summed E-state index contributed by atoms with van der Waals surface area (Å²) in [6, 6.07) is 9.58. The molecule has 0 unspecified atom stereocenters. The standard InChI is InChI=1S/C21H19F3O4/c1-26-20(25)9-12-11-27-19-10-13(5-6-14(12)19)28-18-8-7-15-16(18)3-2-4-17(15)21(22,23)24/h2-6,10,12,18H,7-9,11H2,1H3/t12-,18+/m1/s1. The van der Waals surface area contributed by atoms with Gasteiger partial charge in [-0.3, -0.25) is 4.79 Å².